The molecular formula is C38H72NO7P. The molecule has 0 heterocycles. The minimum absolute atomic E-state index is 0.0216. The molecule has 2 atom stereocenters. The largest absolute Gasteiger partial charge is 0.756 e. The van der Waals surface area contributed by atoms with Crippen LogP contribution < -0.4 is 4.89 Å². The molecule has 0 radical (unpaired) electrons. The molecule has 0 amide bonds. The molecule has 9 heteroatoms. The molecule has 0 spiro atoms. The summed E-state index contributed by atoms with van der Waals surface area (Å²) >= 11 is 0. The van der Waals surface area contributed by atoms with Gasteiger partial charge in [-0.15, -0.1) is 0 Å². The highest BCUT2D eigenvalue weighted by molar-refractivity contribution is 7.45. The summed E-state index contributed by atoms with van der Waals surface area (Å²) in [7, 11) is 1.34. The second-order valence-electron chi connectivity index (χ2n) is 13.6. The van der Waals surface area contributed by atoms with Gasteiger partial charge >= 0.3 is 5.97 Å². The highest BCUT2D eigenvalue weighted by atomic mass is 31.2. The van der Waals surface area contributed by atoms with E-state index in [9.17, 15) is 14.3 Å². The number of likely N-dealkylation sites (N-methyl/N-ethyl adjacent to an activating group) is 1. The third-order valence-corrected chi connectivity index (χ3v) is 8.61. The molecule has 0 aromatic rings. The van der Waals surface area contributed by atoms with Gasteiger partial charge in [0.05, 0.1) is 34.4 Å². The van der Waals surface area contributed by atoms with Crippen molar-refractivity contribution in [3.8, 4) is 0 Å². The SMILES string of the molecule is CCC/C=C\C/C=C\CCCCCCCCOCC(COP(=O)([O-])OCC[N+](C)(C)C)OC(=O)CCCCCCC/C=C\CCCC. The number of rotatable bonds is 34. The second-order valence-corrected chi connectivity index (χ2v) is 15.0. The molecule has 0 saturated carbocycles. The molecule has 0 rings (SSSR count). The van der Waals surface area contributed by atoms with Gasteiger partial charge in [0, 0.05) is 13.0 Å². The van der Waals surface area contributed by atoms with Crippen molar-refractivity contribution < 1.29 is 37.3 Å². The smallest absolute Gasteiger partial charge is 0.306 e. The maximum absolute atomic E-state index is 12.6. The van der Waals surface area contributed by atoms with Crippen LogP contribution >= 0.6 is 7.82 Å². The fourth-order valence-corrected chi connectivity index (χ4v) is 5.41. The normalized spacial score (nSPS) is 14.4. The van der Waals surface area contributed by atoms with E-state index in [0.29, 0.717) is 24.1 Å². The van der Waals surface area contributed by atoms with Crippen LogP contribution in [0.2, 0.25) is 0 Å². The van der Waals surface area contributed by atoms with E-state index in [1.165, 1.54) is 51.4 Å². The molecule has 0 fully saturated rings. The number of quaternary nitrogens is 1. The number of carbonyl (C=O) groups excluding carboxylic acids is 1. The Morgan fingerprint density at radius 1 is 0.660 bits per heavy atom. The predicted octanol–water partition coefficient (Wildman–Crippen LogP) is 9.63. The Hall–Kier alpha value is -1.28. The number of esters is 1. The zero-order valence-electron chi connectivity index (χ0n) is 31.0. The van der Waals surface area contributed by atoms with Crippen molar-refractivity contribution in [3.63, 3.8) is 0 Å². The van der Waals surface area contributed by atoms with Gasteiger partial charge in [-0.1, -0.05) is 115 Å². The second kappa shape index (κ2) is 32.0. The fourth-order valence-electron chi connectivity index (χ4n) is 4.68. The van der Waals surface area contributed by atoms with Gasteiger partial charge in [-0.2, -0.15) is 0 Å². The number of allylic oxidation sites excluding steroid dienone is 6. The van der Waals surface area contributed by atoms with Crippen LogP contribution in [0.25, 0.3) is 0 Å². The summed E-state index contributed by atoms with van der Waals surface area (Å²) in [4.78, 5) is 24.9. The van der Waals surface area contributed by atoms with Gasteiger partial charge < -0.3 is 27.9 Å². The molecule has 0 saturated heterocycles. The van der Waals surface area contributed by atoms with E-state index in [-0.39, 0.29) is 25.8 Å². The molecular weight excluding hydrogens is 613 g/mol. The van der Waals surface area contributed by atoms with Crippen LogP contribution in [-0.2, 0) is 27.9 Å². The van der Waals surface area contributed by atoms with Gasteiger partial charge in [-0.25, -0.2) is 0 Å². The molecule has 8 nitrogen and oxygen atoms in total. The summed E-state index contributed by atoms with van der Waals surface area (Å²) in [6, 6.07) is 0. The summed E-state index contributed by atoms with van der Waals surface area (Å²) in [5, 5.41) is 0. The molecule has 0 aliphatic rings. The van der Waals surface area contributed by atoms with Gasteiger partial charge in [0.2, 0.25) is 0 Å². The Bertz CT molecular complexity index is 853. The maximum atomic E-state index is 12.6. The summed E-state index contributed by atoms with van der Waals surface area (Å²) < 4.78 is 34.4. The molecule has 2 unspecified atom stereocenters. The van der Waals surface area contributed by atoms with E-state index in [2.05, 4.69) is 50.3 Å². The van der Waals surface area contributed by atoms with Crippen molar-refractivity contribution in [1.29, 1.82) is 0 Å². The van der Waals surface area contributed by atoms with Gasteiger partial charge in [0.25, 0.3) is 7.82 Å². The van der Waals surface area contributed by atoms with E-state index < -0.39 is 13.9 Å². The first-order valence-corrected chi connectivity index (χ1v) is 20.2. The lowest BCUT2D eigenvalue weighted by molar-refractivity contribution is -0.870. The average Bonchev–Trinajstić information content (AvgIpc) is 3.01. The first kappa shape index (κ1) is 45.7. The van der Waals surface area contributed by atoms with E-state index in [1.54, 1.807) is 0 Å². The van der Waals surface area contributed by atoms with Crippen molar-refractivity contribution in [2.24, 2.45) is 0 Å². The molecule has 47 heavy (non-hydrogen) atoms. The molecule has 0 aliphatic heterocycles. The number of hydrogen-bond acceptors (Lipinski definition) is 7. The topological polar surface area (TPSA) is 94.1 Å². The molecule has 0 N–H and O–H groups in total. The van der Waals surface area contributed by atoms with E-state index in [4.69, 9.17) is 18.5 Å². The Kier molecular flexibility index (Phi) is 31.1. The van der Waals surface area contributed by atoms with Crippen molar-refractivity contribution in [2.45, 2.75) is 148 Å². The number of ether oxygens (including phenoxy) is 2. The van der Waals surface area contributed by atoms with Crippen molar-refractivity contribution in [1.82, 2.24) is 0 Å². The van der Waals surface area contributed by atoms with Crippen LogP contribution in [-0.4, -0.2) is 70.7 Å². The number of carbonyl (C=O) groups is 1. The van der Waals surface area contributed by atoms with Crippen molar-refractivity contribution in [2.75, 3.05) is 54.1 Å². The number of hydrogen-bond donors (Lipinski definition) is 0. The lowest BCUT2D eigenvalue weighted by atomic mass is 10.1. The average molecular weight is 686 g/mol. The lowest BCUT2D eigenvalue weighted by Crippen LogP contribution is -2.37. The highest BCUT2D eigenvalue weighted by Crippen LogP contribution is 2.38. The zero-order chi connectivity index (χ0) is 34.9. The molecule has 0 bridgehead atoms. The van der Waals surface area contributed by atoms with E-state index >= 15 is 0 Å². The monoisotopic (exact) mass is 686 g/mol. The zero-order valence-corrected chi connectivity index (χ0v) is 31.9. The van der Waals surface area contributed by atoms with Crippen LogP contribution in [0.15, 0.2) is 36.5 Å². The van der Waals surface area contributed by atoms with Crippen molar-refractivity contribution >= 4 is 13.8 Å². The highest BCUT2D eigenvalue weighted by Gasteiger charge is 2.20. The van der Waals surface area contributed by atoms with E-state index in [0.717, 1.165) is 70.6 Å². The third-order valence-electron chi connectivity index (χ3n) is 7.64. The number of phosphoric ester groups is 1. The Labute approximate surface area is 289 Å². The Balaban J connectivity index is 4.34. The van der Waals surface area contributed by atoms with Crippen LogP contribution in [0.1, 0.15) is 142 Å². The van der Waals surface area contributed by atoms with Crippen molar-refractivity contribution in [3.05, 3.63) is 36.5 Å². The minimum atomic E-state index is -4.52. The summed E-state index contributed by atoms with van der Waals surface area (Å²) in [6.45, 7) is 5.25. The Morgan fingerprint density at radius 2 is 1.21 bits per heavy atom. The van der Waals surface area contributed by atoms with Crippen LogP contribution in [0, 0.1) is 0 Å². The quantitative estimate of drug-likeness (QED) is 0.0219. The number of phosphoric acid groups is 1. The van der Waals surface area contributed by atoms with Gasteiger partial charge in [-0.3, -0.25) is 9.36 Å². The molecule has 0 aromatic carbocycles. The first-order chi connectivity index (χ1) is 22.6. The minimum Gasteiger partial charge on any atom is -0.756 e. The molecule has 0 aliphatic carbocycles. The predicted molar refractivity (Wildman–Crippen MR) is 194 cm³/mol. The van der Waals surface area contributed by atoms with Gasteiger partial charge in [-0.05, 0) is 57.8 Å². The first-order valence-electron chi connectivity index (χ1n) is 18.7. The summed E-state index contributed by atoms with van der Waals surface area (Å²) in [6.07, 6.45) is 34.3. The van der Waals surface area contributed by atoms with Crippen LogP contribution in [0.4, 0.5) is 0 Å². The summed E-state index contributed by atoms with van der Waals surface area (Å²) in [5.74, 6) is -0.351. The fraction of sp³-hybridized carbons (Fsp3) is 0.816. The standard InChI is InChI=1S/C38H72NO7P/c1-6-8-10-12-14-16-18-19-20-22-24-26-28-30-33-43-35-37(36-45-47(41,42)44-34-32-39(3,4)5)46-38(40)31-29-27-25-23-21-17-15-13-11-9-7-2/h10,12-13,15-16,18,37H,6-9,11,14,17,19-36H2,1-5H3/b12-10-,15-13-,18-16-. The van der Waals surface area contributed by atoms with Crippen LogP contribution in [0.5, 0.6) is 0 Å². The maximum Gasteiger partial charge on any atom is 0.306 e. The molecule has 276 valence electrons. The van der Waals surface area contributed by atoms with Crippen LogP contribution in [0.3, 0.4) is 0 Å². The Morgan fingerprint density at radius 3 is 1.83 bits per heavy atom. The summed E-state index contributed by atoms with van der Waals surface area (Å²) in [5.41, 5.74) is 0. The number of nitrogens with zero attached hydrogens (tertiary/aromatic N) is 1. The third kappa shape index (κ3) is 35.8. The lowest BCUT2D eigenvalue weighted by Gasteiger charge is -2.28. The van der Waals surface area contributed by atoms with Gasteiger partial charge in [0.15, 0.2) is 0 Å². The number of unbranched alkanes of at least 4 members (excludes halogenated alkanes) is 14. The van der Waals surface area contributed by atoms with E-state index in [1.807, 2.05) is 21.1 Å². The molecule has 0 aromatic heterocycles. The van der Waals surface area contributed by atoms with Gasteiger partial charge in [0.1, 0.15) is 19.3 Å².